The molecule has 1 fully saturated rings. The second-order valence-electron chi connectivity index (χ2n) is 5.70. The average molecular weight is 356 g/mol. The maximum absolute atomic E-state index is 11.9. The second kappa shape index (κ2) is 11.0. The van der Waals surface area contributed by atoms with Gasteiger partial charge < -0.3 is 20.7 Å². The first-order chi connectivity index (χ1) is 11.2. The third-order valence-corrected chi connectivity index (χ3v) is 3.63. The minimum Gasteiger partial charge on any atom is -0.378 e. The molecule has 7 heteroatoms. The number of amides is 2. The Bertz CT molecular complexity index is 516. The summed E-state index contributed by atoms with van der Waals surface area (Å²) in [4.78, 5) is 23.4. The maximum Gasteiger partial charge on any atom is 0.224 e. The molecule has 1 aliphatic rings. The van der Waals surface area contributed by atoms with Gasteiger partial charge in [-0.1, -0.05) is 19.1 Å². The van der Waals surface area contributed by atoms with Crippen LogP contribution < -0.4 is 16.0 Å². The third kappa shape index (κ3) is 7.29. The molecule has 0 aliphatic carbocycles. The zero-order chi connectivity index (χ0) is 16.5. The van der Waals surface area contributed by atoms with Gasteiger partial charge in [0.2, 0.25) is 11.8 Å². The molecule has 1 aliphatic heterocycles. The Morgan fingerprint density at radius 1 is 1.25 bits per heavy atom. The summed E-state index contributed by atoms with van der Waals surface area (Å²) < 4.78 is 5.33. The minimum atomic E-state index is 0. The first-order valence-corrected chi connectivity index (χ1v) is 8.14. The van der Waals surface area contributed by atoms with E-state index in [1.807, 2.05) is 31.2 Å². The quantitative estimate of drug-likeness (QED) is 0.697. The second-order valence-corrected chi connectivity index (χ2v) is 5.70. The zero-order valence-corrected chi connectivity index (χ0v) is 14.8. The van der Waals surface area contributed by atoms with Gasteiger partial charge in [0.1, 0.15) is 0 Å². The maximum atomic E-state index is 11.9. The number of carbonyl (C=O) groups excluding carboxylic acids is 2. The van der Waals surface area contributed by atoms with E-state index in [0.29, 0.717) is 32.6 Å². The lowest BCUT2D eigenvalue weighted by atomic mass is 10.1. The molecule has 0 saturated carbocycles. The Hall–Kier alpha value is -1.63. The van der Waals surface area contributed by atoms with Crippen molar-refractivity contribution in [3.05, 3.63) is 29.8 Å². The van der Waals surface area contributed by atoms with Gasteiger partial charge in [0, 0.05) is 37.7 Å². The number of hydrogen-bond acceptors (Lipinski definition) is 4. The summed E-state index contributed by atoms with van der Waals surface area (Å²) in [5.74, 6) is 0.0316. The van der Waals surface area contributed by atoms with Crippen molar-refractivity contribution in [1.82, 2.24) is 10.6 Å². The molecular formula is C17H26ClN3O3. The third-order valence-electron chi connectivity index (χ3n) is 3.63. The Kier molecular flexibility index (Phi) is 9.37. The van der Waals surface area contributed by atoms with Crippen molar-refractivity contribution >= 4 is 29.9 Å². The number of ether oxygens (including phenoxy) is 1. The number of anilines is 1. The molecule has 1 atom stereocenters. The van der Waals surface area contributed by atoms with E-state index < -0.39 is 0 Å². The van der Waals surface area contributed by atoms with Crippen LogP contribution in [0.2, 0.25) is 0 Å². The zero-order valence-electron chi connectivity index (χ0n) is 14.0. The van der Waals surface area contributed by atoms with Gasteiger partial charge in [-0.2, -0.15) is 0 Å². The number of halogens is 1. The Morgan fingerprint density at radius 3 is 2.62 bits per heavy atom. The molecule has 6 nitrogen and oxygen atoms in total. The van der Waals surface area contributed by atoms with E-state index in [1.54, 1.807) is 0 Å². The number of hydrogen-bond donors (Lipinski definition) is 3. The van der Waals surface area contributed by atoms with Gasteiger partial charge in [-0.25, -0.2) is 0 Å². The highest BCUT2D eigenvalue weighted by Gasteiger charge is 2.16. The molecule has 2 rings (SSSR count). The Balaban J connectivity index is 0.00000288. The first-order valence-electron chi connectivity index (χ1n) is 8.14. The topological polar surface area (TPSA) is 79.5 Å². The van der Waals surface area contributed by atoms with Crippen molar-refractivity contribution in [2.45, 2.75) is 38.8 Å². The molecule has 24 heavy (non-hydrogen) atoms. The van der Waals surface area contributed by atoms with Crippen LogP contribution in [0.25, 0.3) is 0 Å². The van der Waals surface area contributed by atoms with Gasteiger partial charge in [0.25, 0.3) is 0 Å². The normalized spacial score (nSPS) is 16.8. The van der Waals surface area contributed by atoms with E-state index >= 15 is 0 Å². The standard InChI is InChI=1S/C17H25N3O3.ClH/c1-2-3-16(21)20-14-6-4-13(5-7-14)11-19-17(22)10-15-12-23-9-8-18-15;/h4-7,15,18H,2-3,8-12H2,1H3,(H,19,22)(H,20,21);1H. The molecule has 0 radical (unpaired) electrons. The Labute approximate surface area is 149 Å². The summed E-state index contributed by atoms with van der Waals surface area (Å²) >= 11 is 0. The molecule has 2 amide bonds. The van der Waals surface area contributed by atoms with Crippen molar-refractivity contribution in [3.63, 3.8) is 0 Å². The summed E-state index contributed by atoms with van der Waals surface area (Å²) in [6, 6.07) is 7.62. The van der Waals surface area contributed by atoms with Gasteiger partial charge >= 0.3 is 0 Å². The minimum absolute atomic E-state index is 0. The van der Waals surface area contributed by atoms with Crippen LogP contribution in [0, 0.1) is 0 Å². The molecule has 1 heterocycles. The fraction of sp³-hybridized carbons (Fsp3) is 0.529. The van der Waals surface area contributed by atoms with Gasteiger partial charge in [0.15, 0.2) is 0 Å². The van der Waals surface area contributed by atoms with Crippen LogP contribution in [0.1, 0.15) is 31.7 Å². The molecule has 1 unspecified atom stereocenters. The van der Waals surface area contributed by atoms with Gasteiger partial charge in [-0.05, 0) is 24.1 Å². The number of carbonyl (C=O) groups is 2. The van der Waals surface area contributed by atoms with Crippen LogP contribution in [0.3, 0.4) is 0 Å². The highest BCUT2D eigenvalue weighted by Crippen LogP contribution is 2.10. The van der Waals surface area contributed by atoms with E-state index in [2.05, 4.69) is 16.0 Å². The van der Waals surface area contributed by atoms with Crippen LogP contribution in [-0.4, -0.2) is 37.6 Å². The largest absolute Gasteiger partial charge is 0.378 e. The van der Waals surface area contributed by atoms with Crippen LogP contribution in [0.5, 0.6) is 0 Å². The van der Waals surface area contributed by atoms with Crippen molar-refractivity contribution in [1.29, 1.82) is 0 Å². The van der Waals surface area contributed by atoms with E-state index in [9.17, 15) is 9.59 Å². The van der Waals surface area contributed by atoms with E-state index in [4.69, 9.17) is 4.74 Å². The fourth-order valence-electron chi connectivity index (χ4n) is 2.40. The highest BCUT2D eigenvalue weighted by molar-refractivity contribution is 5.90. The van der Waals surface area contributed by atoms with Crippen LogP contribution in [-0.2, 0) is 20.9 Å². The van der Waals surface area contributed by atoms with Crippen LogP contribution in [0.15, 0.2) is 24.3 Å². The fourth-order valence-corrected chi connectivity index (χ4v) is 2.40. The number of benzene rings is 1. The molecule has 3 N–H and O–H groups in total. The number of morpholine rings is 1. The van der Waals surface area contributed by atoms with Crippen molar-refractivity contribution in [2.24, 2.45) is 0 Å². The highest BCUT2D eigenvalue weighted by atomic mass is 35.5. The van der Waals surface area contributed by atoms with Crippen LogP contribution >= 0.6 is 12.4 Å². The Morgan fingerprint density at radius 2 is 2.00 bits per heavy atom. The number of nitrogens with one attached hydrogen (secondary N) is 3. The smallest absolute Gasteiger partial charge is 0.224 e. The van der Waals surface area contributed by atoms with Crippen molar-refractivity contribution in [3.8, 4) is 0 Å². The molecule has 1 aromatic carbocycles. The van der Waals surface area contributed by atoms with E-state index in [-0.39, 0.29) is 30.3 Å². The number of rotatable bonds is 7. The molecule has 0 aromatic heterocycles. The molecule has 0 bridgehead atoms. The lowest BCUT2D eigenvalue weighted by Crippen LogP contribution is -2.44. The molecule has 0 spiro atoms. The lowest BCUT2D eigenvalue weighted by Gasteiger charge is -2.23. The predicted molar refractivity (Wildman–Crippen MR) is 96.3 cm³/mol. The van der Waals surface area contributed by atoms with Gasteiger partial charge in [0.05, 0.1) is 13.2 Å². The average Bonchev–Trinajstić information content (AvgIpc) is 2.55. The van der Waals surface area contributed by atoms with Gasteiger partial charge in [-0.3, -0.25) is 9.59 Å². The SMILES string of the molecule is CCCC(=O)Nc1ccc(CNC(=O)CC2COCCN2)cc1.Cl. The first kappa shape index (κ1) is 20.4. The van der Waals surface area contributed by atoms with Crippen LogP contribution in [0.4, 0.5) is 5.69 Å². The van der Waals surface area contributed by atoms with E-state index in [0.717, 1.165) is 24.2 Å². The van der Waals surface area contributed by atoms with E-state index in [1.165, 1.54) is 0 Å². The summed E-state index contributed by atoms with van der Waals surface area (Å²) in [5, 5.41) is 9.00. The molecule has 1 aromatic rings. The predicted octanol–water partition coefficient (Wildman–Crippen LogP) is 1.84. The molecule has 134 valence electrons. The summed E-state index contributed by atoms with van der Waals surface area (Å²) in [5.41, 5.74) is 1.78. The van der Waals surface area contributed by atoms with Gasteiger partial charge in [-0.15, -0.1) is 12.4 Å². The monoisotopic (exact) mass is 355 g/mol. The summed E-state index contributed by atoms with van der Waals surface area (Å²) in [6.07, 6.45) is 1.78. The molecular weight excluding hydrogens is 330 g/mol. The summed E-state index contributed by atoms with van der Waals surface area (Å²) in [6.45, 7) is 4.54. The van der Waals surface area contributed by atoms with Crippen molar-refractivity contribution < 1.29 is 14.3 Å². The summed E-state index contributed by atoms with van der Waals surface area (Å²) in [7, 11) is 0. The van der Waals surface area contributed by atoms with Crippen molar-refractivity contribution in [2.75, 3.05) is 25.1 Å². The molecule has 1 saturated heterocycles. The lowest BCUT2D eigenvalue weighted by molar-refractivity contribution is -0.122.